The van der Waals surface area contributed by atoms with Crippen LogP contribution in [-0.4, -0.2) is 35.4 Å². The van der Waals surface area contributed by atoms with Crippen LogP contribution in [0.2, 0.25) is 0 Å². The molecular weight excluding hydrogens is 268 g/mol. The standard InChI is InChI=1S/C16H24N2O3/c1-6-21-15(20)13(16(2,3)4)14(19)18(5)11-12-8-7-9-17-10-12/h7-10,13H,6,11H2,1-5H3. The van der Waals surface area contributed by atoms with Crippen molar-refractivity contribution < 1.29 is 14.3 Å². The summed E-state index contributed by atoms with van der Waals surface area (Å²) in [5.41, 5.74) is 0.428. The molecule has 0 spiro atoms. The van der Waals surface area contributed by atoms with E-state index < -0.39 is 17.3 Å². The Bertz CT molecular complexity index is 480. The second-order valence-corrected chi connectivity index (χ2v) is 6.11. The van der Waals surface area contributed by atoms with Gasteiger partial charge in [0.05, 0.1) is 6.61 Å². The molecule has 0 aliphatic carbocycles. The lowest BCUT2D eigenvalue weighted by Gasteiger charge is -2.31. The maximum atomic E-state index is 12.6. The van der Waals surface area contributed by atoms with Gasteiger partial charge in [-0.1, -0.05) is 26.8 Å². The van der Waals surface area contributed by atoms with Gasteiger partial charge in [-0.25, -0.2) is 0 Å². The fourth-order valence-electron chi connectivity index (χ4n) is 2.11. The van der Waals surface area contributed by atoms with Gasteiger partial charge < -0.3 is 9.64 Å². The molecule has 1 atom stereocenters. The van der Waals surface area contributed by atoms with Crippen molar-refractivity contribution in [1.82, 2.24) is 9.88 Å². The first-order chi connectivity index (χ1) is 9.77. The molecule has 0 aromatic carbocycles. The maximum absolute atomic E-state index is 12.6. The first-order valence-electron chi connectivity index (χ1n) is 7.08. The zero-order valence-electron chi connectivity index (χ0n) is 13.4. The smallest absolute Gasteiger partial charge is 0.319 e. The van der Waals surface area contributed by atoms with Crippen molar-refractivity contribution in [3.05, 3.63) is 30.1 Å². The SMILES string of the molecule is CCOC(=O)C(C(=O)N(C)Cc1cccnc1)C(C)(C)C. The van der Waals surface area contributed by atoms with Crippen LogP contribution in [0.25, 0.3) is 0 Å². The molecule has 1 heterocycles. The van der Waals surface area contributed by atoms with Gasteiger partial charge >= 0.3 is 5.97 Å². The number of rotatable bonds is 5. The first kappa shape index (κ1) is 17.1. The number of carbonyl (C=O) groups is 2. The Labute approximate surface area is 126 Å². The summed E-state index contributed by atoms with van der Waals surface area (Å²) in [4.78, 5) is 30.3. The molecule has 5 heteroatoms. The number of aromatic nitrogens is 1. The summed E-state index contributed by atoms with van der Waals surface area (Å²) in [5, 5.41) is 0. The summed E-state index contributed by atoms with van der Waals surface area (Å²) in [7, 11) is 1.69. The average Bonchev–Trinajstić information content (AvgIpc) is 2.38. The van der Waals surface area contributed by atoms with E-state index in [0.717, 1.165) is 5.56 Å². The lowest BCUT2D eigenvalue weighted by molar-refractivity contribution is -0.160. The minimum absolute atomic E-state index is 0.232. The van der Waals surface area contributed by atoms with Crippen molar-refractivity contribution >= 4 is 11.9 Å². The van der Waals surface area contributed by atoms with Gasteiger partial charge in [-0.05, 0) is 24.0 Å². The van der Waals surface area contributed by atoms with Gasteiger partial charge in [0.15, 0.2) is 0 Å². The van der Waals surface area contributed by atoms with Crippen LogP contribution in [0.15, 0.2) is 24.5 Å². The van der Waals surface area contributed by atoms with E-state index in [4.69, 9.17) is 4.74 Å². The minimum Gasteiger partial charge on any atom is -0.465 e. The zero-order valence-corrected chi connectivity index (χ0v) is 13.4. The van der Waals surface area contributed by atoms with Crippen molar-refractivity contribution in [3.8, 4) is 0 Å². The number of ether oxygens (including phenoxy) is 1. The fraction of sp³-hybridized carbons (Fsp3) is 0.562. The van der Waals surface area contributed by atoms with E-state index in [-0.39, 0.29) is 12.5 Å². The van der Waals surface area contributed by atoms with Crippen LogP contribution in [0, 0.1) is 11.3 Å². The Morgan fingerprint density at radius 1 is 1.38 bits per heavy atom. The number of carbonyl (C=O) groups excluding carboxylic acids is 2. The molecule has 1 aromatic heterocycles. The third kappa shape index (κ3) is 4.85. The van der Waals surface area contributed by atoms with Gasteiger partial charge in [0, 0.05) is 26.0 Å². The quantitative estimate of drug-likeness (QED) is 0.617. The summed E-state index contributed by atoms with van der Waals surface area (Å²) in [5.74, 6) is -1.50. The summed E-state index contributed by atoms with van der Waals surface area (Å²) in [6.45, 7) is 8.02. The predicted octanol–water partition coefficient (Wildman–Crippen LogP) is 2.27. The highest BCUT2D eigenvalue weighted by atomic mass is 16.5. The monoisotopic (exact) mass is 292 g/mol. The number of esters is 1. The van der Waals surface area contributed by atoms with Gasteiger partial charge in [-0.15, -0.1) is 0 Å². The number of nitrogens with zero attached hydrogens (tertiary/aromatic N) is 2. The Kier molecular flexibility index (Phi) is 5.88. The predicted molar refractivity (Wildman–Crippen MR) is 80.3 cm³/mol. The molecule has 5 nitrogen and oxygen atoms in total. The molecule has 0 aliphatic heterocycles. The molecule has 0 saturated carbocycles. The fourth-order valence-corrected chi connectivity index (χ4v) is 2.11. The molecular formula is C16H24N2O3. The molecule has 1 amide bonds. The van der Waals surface area contributed by atoms with Crippen LogP contribution in [0.1, 0.15) is 33.3 Å². The molecule has 0 saturated heterocycles. The van der Waals surface area contributed by atoms with Gasteiger partial charge in [0.25, 0.3) is 0 Å². The second kappa shape index (κ2) is 7.20. The summed E-state index contributed by atoms with van der Waals surface area (Å²) in [6, 6.07) is 3.72. The molecule has 1 rings (SSSR count). The summed E-state index contributed by atoms with van der Waals surface area (Å²) in [6.07, 6.45) is 3.39. The highest BCUT2D eigenvalue weighted by Gasteiger charge is 2.40. The van der Waals surface area contributed by atoms with Crippen molar-refractivity contribution in [2.24, 2.45) is 11.3 Å². The third-order valence-corrected chi connectivity index (χ3v) is 3.15. The second-order valence-electron chi connectivity index (χ2n) is 6.11. The lowest BCUT2D eigenvalue weighted by Crippen LogP contribution is -2.44. The van der Waals surface area contributed by atoms with Crippen LogP contribution in [0.4, 0.5) is 0 Å². The maximum Gasteiger partial charge on any atom is 0.319 e. The summed E-state index contributed by atoms with van der Waals surface area (Å²) < 4.78 is 5.05. The van der Waals surface area contributed by atoms with Crippen LogP contribution < -0.4 is 0 Å². The van der Waals surface area contributed by atoms with E-state index >= 15 is 0 Å². The van der Waals surface area contributed by atoms with Gasteiger partial charge in [-0.2, -0.15) is 0 Å². The normalized spacial score (nSPS) is 12.6. The molecule has 0 radical (unpaired) electrons. The van der Waals surface area contributed by atoms with Crippen LogP contribution in [0.5, 0.6) is 0 Å². The minimum atomic E-state index is -0.806. The average molecular weight is 292 g/mol. The molecule has 0 aliphatic rings. The molecule has 1 aromatic rings. The largest absolute Gasteiger partial charge is 0.465 e. The number of hydrogen-bond acceptors (Lipinski definition) is 4. The highest BCUT2D eigenvalue weighted by molar-refractivity contribution is 5.98. The van der Waals surface area contributed by atoms with Gasteiger partial charge in [0.2, 0.25) is 5.91 Å². The third-order valence-electron chi connectivity index (χ3n) is 3.15. The van der Waals surface area contributed by atoms with Crippen molar-refractivity contribution in [3.63, 3.8) is 0 Å². The van der Waals surface area contributed by atoms with Gasteiger partial charge in [-0.3, -0.25) is 14.6 Å². The molecule has 0 fully saturated rings. The molecule has 21 heavy (non-hydrogen) atoms. The zero-order chi connectivity index (χ0) is 16.0. The van der Waals surface area contributed by atoms with Crippen LogP contribution >= 0.6 is 0 Å². The summed E-state index contributed by atoms with van der Waals surface area (Å²) >= 11 is 0. The van der Waals surface area contributed by atoms with Crippen molar-refractivity contribution in [2.75, 3.05) is 13.7 Å². The van der Waals surface area contributed by atoms with Crippen LogP contribution in [-0.2, 0) is 20.9 Å². The van der Waals surface area contributed by atoms with E-state index in [1.807, 2.05) is 32.9 Å². The topological polar surface area (TPSA) is 59.5 Å². The van der Waals surface area contributed by atoms with Crippen molar-refractivity contribution in [2.45, 2.75) is 34.2 Å². The van der Waals surface area contributed by atoms with E-state index in [0.29, 0.717) is 6.54 Å². The highest BCUT2D eigenvalue weighted by Crippen LogP contribution is 2.29. The Balaban J connectivity index is 2.87. The van der Waals surface area contributed by atoms with E-state index in [2.05, 4.69) is 4.98 Å². The number of amides is 1. The van der Waals surface area contributed by atoms with Crippen molar-refractivity contribution in [1.29, 1.82) is 0 Å². The molecule has 0 bridgehead atoms. The van der Waals surface area contributed by atoms with E-state index in [1.165, 1.54) is 0 Å². The first-order valence-corrected chi connectivity index (χ1v) is 7.08. The lowest BCUT2D eigenvalue weighted by atomic mass is 9.79. The van der Waals surface area contributed by atoms with Crippen LogP contribution in [0.3, 0.4) is 0 Å². The Morgan fingerprint density at radius 2 is 2.05 bits per heavy atom. The van der Waals surface area contributed by atoms with Gasteiger partial charge in [0.1, 0.15) is 5.92 Å². The number of pyridine rings is 1. The molecule has 116 valence electrons. The molecule has 0 N–H and O–H groups in total. The van der Waals surface area contributed by atoms with E-state index in [9.17, 15) is 9.59 Å². The Hall–Kier alpha value is -1.91. The molecule has 1 unspecified atom stereocenters. The number of hydrogen-bond donors (Lipinski definition) is 0. The van der Waals surface area contributed by atoms with E-state index in [1.54, 1.807) is 31.3 Å². The Morgan fingerprint density at radius 3 is 2.52 bits per heavy atom.